The summed E-state index contributed by atoms with van der Waals surface area (Å²) >= 11 is 0. The normalized spacial score (nSPS) is 10.8. The van der Waals surface area contributed by atoms with E-state index in [1.165, 1.54) is 11.1 Å². The number of hydrogen-bond acceptors (Lipinski definition) is 4. The van der Waals surface area contributed by atoms with E-state index in [-0.39, 0.29) is 0 Å². The van der Waals surface area contributed by atoms with Crippen LogP contribution in [0.2, 0.25) is 0 Å². The first kappa shape index (κ1) is 12.3. The second-order valence-corrected chi connectivity index (χ2v) is 4.79. The Kier molecular flexibility index (Phi) is 2.95. The Hall–Kier alpha value is -2.69. The molecule has 102 valence electrons. The van der Waals surface area contributed by atoms with Gasteiger partial charge in [-0.05, 0) is 18.6 Å². The highest BCUT2D eigenvalue weighted by molar-refractivity contribution is 5.85. The quantitative estimate of drug-likeness (QED) is 0.638. The summed E-state index contributed by atoms with van der Waals surface area (Å²) in [7, 11) is 0. The van der Waals surface area contributed by atoms with Crippen LogP contribution in [0.25, 0.3) is 11.1 Å². The van der Waals surface area contributed by atoms with Gasteiger partial charge in [0.15, 0.2) is 5.58 Å². The second-order valence-electron chi connectivity index (χ2n) is 4.79. The number of nitrogens with two attached hydrogens (primary N) is 1. The zero-order valence-corrected chi connectivity index (χ0v) is 11.1. The average molecular weight is 269 g/mol. The van der Waals surface area contributed by atoms with E-state index in [1.54, 1.807) is 12.1 Å². The molecule has 5 heteroatoms. The maximum atomic E-state index is 11.1. The SMILES string of the molecule is Cc1cccc(CNc2cc3[nH]c(=O)oc3cc2N)c1. The van der Waals surface area contributed by atoms with Crippen LogP contribution in [0.1, 0.15) is 11.1 Å². The smallest absolute Gasteiger partial charge is 0.408 e. The van der Waals surface area contributed by atoms with Gasteiger partial charge in [0.2, 0.25) is 0 Å². The molecule has 0 fully saturated rings. The molecule has 5 nitrogen and oxygen atoms in total. The summed E-state index contributed by atoms with van der Waals surface area (Å²) < 4.78 is 4.96. The van der Waals surface area contributed by atoms with E-state index in [1.807, 2.05) is 6.07 Å². The van der Waals surface area contributed by atoms with Crippen LogP contribution < -0.4 is 16.8 Å². The van der Waals surface area contributed by atoms with Crippen molar-refractivity contribution < 1.29 is 4.42 Å². The fraction of sp³-hybridized carbons (Fsp3) is 0.133. The molecule has 0 aliphatic rings. The van der Waals surface area contributed by atoms with Crippen LogP contribution in [0.15, 0.2) is 45.6 Å². The van der Waals surface area contributed by atoms with E-state index >= 15 is 0 Å². The lowest BCUT2D eigenvalue weighted by atomic mass is 10.1. The molecule has 0 amide bonds. The molecule has 0 aliphatic carbocycles. The third-order valence-electron chi connectivity index (χ3n) is 3.16. The number of anilines is 2. The van der Waals surface area contributed by atoms with E-state index in [4.69, 9.17) is 10.2 Å². The van der Waals surface area contributed by atoms with Crippen molar-refractivity contribution in [2.45, 2.75) is 13.5 Å². The molecular formula is C15H15N3O2. The summed E-state index contributed by atoms with van der Waals surface area (Å²) in [6.45, 7) is 2.72. The van der Waals surface area contributed by atoms with Gasteiger partial charge >= 0.3 is 5.76 Å². The first-order valence-corrected chi connectivity index (χ1v) is 6.33. The van der Waals surface area contributed by atoms with Crippen LogP contribution in [0.5, 0.6) is 0 Å². The molecule has 4 N–H and O–H groups in total. The van der Waals surface area contributed by atoms with Gasteiger partial charge in [0.05, 0.1) is 16.9 Å². The van der Waals surface area contributed by atoms with Crippen molar-refractivity contribution in [3.05, 3.63) is 58.1 Å². The number of aromatic nitrogens is 1. The Balaban J connectivity index is 1.86. The van der Waals surface area contributed by atoms with Gasteiger partial charge in [0.25, 0.3) is 0 Å². The van der Waals surface area contributed by atoms with Gasteiger partial charge < -0.3 is 15.5 Å². The number of rotatable bonds is 3. The molecule has 1 heterocycles. The number of oxazole rings is 1. The molecule has 1 aromatic heterocycles. The standard InChI is InChI=1S/C15H15N3O2/c1-9-3-2-4-10(5-9)8-17-12-7-13-14(6-11(12)16)20-15(19)18-13/h2-7,17H,8,16H2,1H3,(H,18,19). The van der Waals surface area contributed by atoms with Gasteiger partial charge in [-0.25, -0.2) is 4.79 Å². The number of nitrogens with one attached hydrogen (secondary N) is 2. The van der Waals surface area contributed by atoms with Crippen LogP contribution in [0, 0.1) is 6.92 Å². The molecule has 0 unspecified atom stereocenters. The summed E-state index contributed by atoms with van der Waals surface area (Å²) in [5.74, 6) is -0.477. The predicted octanol–water partition coefficient (Wildman–Crippen LogP) is 2.62. The van der Waals surface area contributed by atoms with Crippen molar-refractivity contribution in [2.75, 3.05) is 11.1 Å². The Labute approximate surface area is 115 Å². The van der Waals surface area contributed by atoms with Crippen LogP contribution in [-0.4, -0.2) is 4.98 Å². The summed E-state index contributed by atoms with van der Waals surface area (Å²) in [5.41, 5.74) is 10.8. The Bertz CT molecular complexity index is 817. The van der Waals surface area contributed by atoms with Crippen LogP contribution in [-0.2, 0) is 6.54 Å². The average Bonchev–Trinajstić information content (AvgIpc) is 2.75. The summed E-state index contributed by atoms with van der Waals surface area (Å²) in [4.78, 5) is 13.8. The molecule has 0 bridgehead atoms. The third kappa shape index (κ3) is 2.38. The largest absolute Gasteiger partial charge is 0.417 e. The molecule has 0 saturated carbocycles. The van der Waals surface area contributed by atoms with Crippen molar-refractivity contribution >= 4 is 22.5 Å². The zero-order chi connectivity index (χ0) is 14.1. The minimum atomic E-state index is -0.477. The zero-order valence-electron chi connectivity index (χ0n) is 11.1. The highest BCUT2D eigenvalue weighted by Crippen LogP contribution is 2.24. The van der Waals surface area contributed by atoms with Crippen molar-refractivity contribution in [1.82, 2.24) is 4.98 Å². The molecule has 20 heavy (non-hydrogen) atoms. The Morgan fingerprint density at radius 3 is 2.95 bits per heavy atom. The monoisotopic (exact) mass is 269 g/mol. The fourth-order valence-electron chi connectivity index (χ4n) is 2.19. The number of aryl methyl sites for hydroxylation is 1. The molecule has 0 aliphatic heterocycles. The lowest BCUT2D eigenvalue weighted by molar-refractivity contribution is 0.555. The van der Waals surface area contributed by atoms with E-state index in [9.17, 15) is 4.79 Å². The minimum absolute atomic E-state index is 0.466. The summed E-state index contributed by atoms with van der Waals surface area (Å²) in [6, 6.07) is 11.7. The molecule has 0 saturated heterocycles. The maximum absolute atomic E-state index is 11.1. The predicted molar refractivity (Wildman–Crippen MR) is 79.8 cm³/mol. The maximum Gasteiger partial charge on any atom is 0.417 e. The highest BCUT2D eigenvalue weighted by Gasteiger charge is 2.06. The molecule has 2 aromatic carbocycles. The van der Waals surface area contributed by atoms with Gasteiger partial charge in [-0.3, -0.25) is 4.98 Å². The Morgan fingerprint density at radius 1 is 1.30 bits per heavy atom. The summed E-state index contributed by atoms with van der Waals surface area (Å²) in [5, 5.41) is 3.27. The highest BCUT2D eigenvalue weighted by atomic mass is 16.4. The number of benzene rings is 2. The van der Waals surface area contributed by atoms with Crippen molar-refractivity contribution in [3.63, 3.8) is 0 Å². The molecule has 3 aromatic rings. The van der Waals surface area contributed by atoms with Gasteiger partial charge in [-0.1, -0.05) is 29.8 Å². The molecular weight excluding hydrogens is 254 g/mol. The number of hydrogen-bond donors (Lipinski definition) is 3. The molecule has 3 rings (SSSR count). The first-order chi connectivity index (χ1) is 9.61. The molecule has 0 atom stereocenters. The third-order valence-corrected chi connectivity index (χ3v) is 3.16. The number of aromatic amines is 1. The second kappa shape index (κ2) is 4.77. The Morgan fingerprint density at radius 2 is 2.15 bits per heavy atom. The molecule has 0 spiro atoms. The van der Waals surface area contributed by atoms with E-state index in [0.717, 1.165) is 5.69 Å². The lowest BCUT2D eigenvalue weighted by Crippen LogP contribution is -2.02. The topological polar surface area (TPSA) is 84.0 Å². The van der Waals surface area contributed by atoms with Crippen molar-refractivity contribution in [3.8, 4) is 0 Å². The minimum Gasteiger partial charge on any atom is -0.408 e. The molecule has 0 radical (unpaired) electrons. The van der Waals surface area contributed by atoms with Gasteiger partial charge in [0, 0.05) is 12.6 Å². The van der Waals surface area contributed by atoms with E-state index in [2.05, 4.69) is 35.4 Å². The van der Waals surface area contributed by atoms with Gasteiger partial charge in [-0.2, -0.15) is 0 Å². The lowest BCUT2D eigenvalue weighted by Gasteiger charge is -2.09. The van der Waals surface area contributed by atoms with Crippen molar-refractivity contribution in [1.29, 1.82) is 0 Å². The van der Waals surface area contributed by atoms with Crippen molar-refractivity contribution in [2.24, 2.45) is 0 Å². The van der Waals surface area contributed by atoms with Crippen LogP contribution in [0.3, 0.4) is 0 Å². The van der Waals surface area contributed by atoms with E-state index < -0.39 is 5.76 Å². The fourth-order valence-corrected chi connectivity index (χ4v) is 2.19. The number of H-pyrrole nitrogens is 1. The number of nitrogen functional groups attached to an aromatic ring is 1. The van der Waals surface area contributed by atoms with Gasteiger partial charge in [-0.15, -0.1) is 0 Å². The number of fused-ring (bicyclic) bond motifs is 1. The van der Waals surface area contributed by atoms with E-state index in [0.29, 0.717) is 23.3 Å². The van der Waals surface area contributed by atoms with Crippen LogP contribution >= 0.6 is 0 Å². The van der Waals surface area contributed by atoms with Crippen LogP contribution in [0.4, 0.5) is 11.4 Å². The summed E-state index contributed by atoms with van der Waals surface area (Å²) in [6.07, 6.45) is 0. The first-order valence-electron chi connectivity index (χ1n) is 6.33. The van der Waals surface area contributed by atoms with Gasteiger partial charge in [0.1, 0.15) is 0 Å².